The standard InChI is InChI=1S/C21H25N7O2S2/c1-10(2)8-27-18(30)16-13-5-4-11(3)6-14(13)32-17(16)24-21(27)31-9-12-7-15(29)28-20(23-12)25-19(22)26-28/h7,10-11H,4-6,8-9H2,1-3H3,(H3,22,23,25,26). The molecule has 4 aromatic rings. The average molecular weight is 472 g/mol. The van der Waals surface area contributed by atoms with Gasteiger partial charge in [0.15, 0.2) is 5.16 Å². The molecule has 0 spiro atoms. The molecule has 1 unspecified atom stereocenters. The summed E-state index contributed by atoms with van der Waals surface area (Å²) >= 11 is 3.07. The molecule has 4 aromatic heterocycles. The Labute approximate surface area is 192 Å². The number of aromatic nitrogens is 6. The van der Waals surface area contributed by atoms with E-state index in [1.807, 2.05) is 0 Å². The van der Waals surface area contributed by atoms with E-state index in [0.717, 1.165) is 29.5 Å². The normalized spacial score (nSPS) is 16.3. The van der Waals surface area contributed by atoms with Crippen molar-refractivity contribution >= 4 is 45.0 Å². The number of H-pyrrole nitrogens is 1. The highest BCUT2D eigenvalue weighted by molar-refractivity contribution is 7.98. The van der Waals surface area contributed by atoms with Gasteiger partial charge in [0, 0.05) is 23.2 Å². The molecule has 5 rings (SSSR count). The van der Waals surface area contributed by atoms with E-state index >= 15 is 0 Å². The van der Waals surface area contributed by atoms with Gasteiger partial charge in [0.2, 0.25) is 5.95 Å². The van der Waals surface area contributed by atoms with Gasteiger partial charge >= 0.3 is 0 Å². The van der Waals surface area contributed by atoms with Crippen molar-refractivity contribution < 1.29 is 0 Å². The van der Waals surface area contributed by atoms with Crippen molar-refractivity contribution in [2.75, 3.05) is 5.73 Å². The number of hydrogen-bond acceptors (Lipinski definition) is 8. The topological polar surface area (TPSA) is 124 Å². The van der Waals surface area contributed by atoms with Crippen LogP contribution in [0.2, 0.25) is 0 Å². The summed E-state index contributed by atoms with van der Waals surface area (Å²) in [5, 5.41) is 4.11. The van der Waals surface area contributed by atoms with Gasteiger partial charge < -0.3 is 5.73 Å². The summed E-state index contributed by atoms with van der Waals surface area (Å²) in [5.41, 5.74) is 7.17. The molecule has 0 aromatic carbocycles. The summed E-state index contributed by atoms with van der Waals surface area (Å²) in [6, 6.07) is 1.45. The van der Waals surface area contributed by atoms with Crippen molar-refractivity contribution in [2.45, 2.75) is 57.5 Å². The quantitative estimate of drug-likeness (QED) is 0.339. The van der Waals surface area contributed by atoms with E-state index in [4.69, 9.17) is 10.7 Å². The van der Waals surface area contributed by atoms with Gasteiger partial charge in [-0.3, -0.25) is 19.3 Å². The van der Waals surface area contributed by atoms with Gasteiger partial charge in [0.25, 0.3) is 16.9 Å². The fourth-order valence-corrected chi connectivity index (χ4v) is 6.52. The lowest BCUT2D eigenvalue weighted by molar-refractivity contribution is 0.474. The fourth-order valence-electron chi connectivity index (χ4n) is 4.20. The Kier molecular flexibility index (Phi) is 5.32. The summed E-state index contributed by atoms with van der Waals surface area (Å²) in [6.07, 6.45) is 3.08. The summed E-state index contributed by atoms with van der Waals surface area (Å²) in [5.74, 6) is 1.70. The van der Waals surface area contributed by atoms with Crippen LogP contribution < -0.4 is 16.9 Å². The zero-order valence-corrected chi connectivity index (χ0v) is 19.8. The van der Waals surface area contributed by atoms with E-state index in [0.29, 0.717) is 35.0 Å². The number of anilines is 1. The Hall–Kier alpha value is -2.66. The molecule has 0 saturated heterocycles. The third-order valence-electron chi connectivity index (χ3n) is 5.68. The molecule has 0 saturated carbocycles. The van der Waals surface area contributed by atoms with E-state index in [1.165, 1.54) is 32.8 Å². The SMILES string of the molecule is CC(C)Cn1c(SCc2cc(=O)n3[nH]c(N)nc3n2)nc2sc3c(c2c1=O)CCC(C)C3. The molecule has 0 fully saturated rings. The van der Waals surface area contributed by atoms with Crippen molar-refractivity contribution in [1.82, 2.24) is 29.1 Å². The Morgan fingerprint density at radius 3 is 2.91 bits per heavy atom. The number of thioether (sulfide) groups is 1. The van der Waals surface area contributed by atoms with Crippen LogP contribution in [0.5, 0.6) is 0 Å². The van der Waals surface area contributed by atoms with Crippen LogP contribution in [0.4, 0.5) is 5.95 Å². The number of nitrogen functional groups attached to an aromatic ring is 1. The molecule has 1 aliphatic rings. The highest BCUT2D eigenvalue weighted by Crippen LogP contribution is 2.36. The summed E-state index contributed by atoms with van der Waals surface area (Å²) in [4.78, 5) is 41.4. The zero-order chi connectivity index (χ0) is 22.6. The maximum absolute atomic E-state index is 13.6. The van der Waals surface area contributed by atoms with Crippen molar-refractivity contribution in [3.8, 4) is 0 Å². The summed E-state index contributed by atoms with van der Waals surface area (Å²) in [6.45, 7) is 7.04. The lowest BCUT2D eigenvalue weighted by Crippen LogP contribution is -2.26. The Morgan fingerprint density at radius 1 is 1.31 bits per heavy atom. The fraction of sp³-hybridized carbons (Fsp3) is 0.476. The third-order valence-corrected chi connectivity index (χ3v) is 7.84. The predicted octanol–water partition coefficient (Wildman–Crippen LogP) is 2.84. The van der Waals surface area contributed by atoms with E-state index in [1.54, 1.807) is 15.9 Å². The molecule has 0 radical (unpaired) electrons. The first-order valence-electron chi connectivity index (χ1n) is 10.7. The third kappa shape index (κ3) is 3.73. The van der Waals surface area contributed by atoms with Crippen LogP contribution in [-0.2, 0) is 25.1 Å². The van der Waals surface area contributed by atoms with Crippen molar-refractivity contribution in [3.05, 3.63) is 42.9 Å². The molecule has 168 valence electrons. The van der Waals surface area contributed by atoms with E-state index < -0.39 is 0 Å². The minimum absolute atomic E-state index is 0.0433. The second kappa shape index (κ2) is 8.04. The van der Waals surface area contributed by atoms with Crippen LogP contribution in [0.1, 0.15) is 43.3 Å². The lowest BCUT2D eigenvalue weighted by atomic mass is 9.89. The number of nitrogens with zero attached hydrogens (tertiary/aromatic N) is 5. The van der Waals surface area contributed by atoms with Crippen LogP contribution in [0.15, 0.2) is 20.8 Å². The first-order chi connectivity index (χ1) is 15.3. The van der Waals surface area contributed by atoms with Gasteiger partial charge in [0.1, 0.15) is 4.83 Å². The number of thiophene rings is 1. The van der Waals surface area contributed by atoms with E-state index in [-0.39, 0.29) is 22.8 Å². The molecule has 9 nitrogen and oxygen atoms in total. The number of nitrogens with two attached hydrogens (primary N) is 1. The first kappa shape index (κ1) is 21.2. The smallest absolute Gasteiger partial charge is 0.274 e. The molecule has 0 aliphatic heterocycles. The maximum Gasteiger partial charge on any atom is 0.274 e. The van der Waals surface area contributed by atoms with E-state index in [2.05, 4.69) is 35.8 Å². The van der Waals surface area contributed by atoms with Crippen LogP contribution >= 0.6 is 23.1 Å². The van der Waals surface area contributed by atoms with Gasteiger partial charge in [0.05, 0.1) is 11.1 Å². The second-order valence-electron chi connectivity index (χ2n) is 8.85. The highest BCUT2D eigenvalue weighted by Gasteiger charge is 2.25. The van der Waals surface area contributed by atoms with Crippen molar-refractivity contribution in [3.63, 3.8) is 0 Å². The monoisotopic (exact) mass is 471 g/mol. The van der Waals surface area contributed by atoms with Crippen LogP contribution in [0.3, 0.4) is 0 Å². The predicted molar refractivity (Wildman–Crippen MR) is 127 cm³/mol. The Bertz CT molecular complexity index is 1450. The Morgan fingerprint density at radius 2 is 2.12 bits per heavy atom. The summed E-state index contributed by atoms with van der Waals surface area (Å²) in [7, 11) is 0. The minimum Gasteiger partial charge on any atom is -0.368 e. The van der Waals surface area contributed by atoms with Gasteiger partial charge in [-0.05, 0) is 36.7 Å². The molecule has 1 atom stereocenters. The van der Waals surface area contributed by atoms with Crippen LogP contribution in [-0.4, -0.2) is 29.1 Å². The molecular formula is C21H25N7O2S2. The number of rotatable bonds is 5. The number of aryl methyl sites for hydroxylation is 1. The van der Waals surface area contributed by atoms with Crippen LogP contribution in [0.25, 0.3) is 16.0 Å². The summed E-state index contributed by atoms with van der Waals surface area (Å²) < 4.78 is 3.00. The van der Waals surface area contributed by atoms with Gasteiger partial charge in [-0.15, -0.1) is 11.3 Å². The maximum atomic E-state index is 13.6. The zero-order valence-electron chi connectivity index (χ0n) is 18.2. The van der Waals surface area contributed by atoms with Gasteiger partial charge in [-0.1, -0.05) is 32.5 Å². The van der Waals surface area contributed by atoms with Crippen molar-refractivity contribution in [2.24, 2.45) is 11.8 Å². The molecule has 0 amide bonds. The Balaban J connectivity index is 1.55. The molecule has 4 heterocycles. The average Bonchev–Trinajstić information content (AvgIpc) is 3.27. The molecule has 3 N–H and O–H groups in total. The van der Waals surface area contributed by atoms with E-state index in [9.17, 15) is 9.59 Å². The largest absolute Gasteiger partial charge is 0.368 e. The van der Waals surface area contributed by atoms with Crippen molar-refractivity contribution in [1.29, 1.82) is 0 Å². The van der Waals surface area contributed by atoms with Gasteiger partial charge in [-0.2, -0.15) is 9.50 Å². The lowest BCUT2D eigenvalue weighted by Gasteiger charge is -2.18. The number of hydrogen-bond donors (Lipinski definition) is 2. The molecule has 0 bridgehead atoms. The molecule has 11 heteroatoms. The molecular weight excluding hydrogens is 446 g/mol. The minimum atomic E-state index is -0.280. The van der Waals surface area contributed by atoms with Crippen LogP contribution in [0, 0.1) is 11.8 Å². The van der Waals surface area contributed by atoms with Gasteiger partial charge in [-0.25, -0.2) is 9.97 Å². The number of nitrogens with one attached hydrogen (secondary N) is 1. The first-order valence-corrected chi connectivity index (χ1v) is 12.5. The number of aromatic amines is 1. The molecule has 1 aliphatic carbocycles. The number of fused-ring (bicyclic) bond motifs is 4. The second-order valence-corrected chi connectivity index (χ2v) is 10.9. The molecule has 32 heavy (non-hydrogen) atoms. The highest BCUT2D eigenvalue weighted by atomic mass is 32.2.